The van der Waals surface area contributed by atoms with Gasteiger partial charge in [-0.1, -0.05) is 254 Å². The van der Waals surface area contributed by atoms with E-state index in [4.69, 9.17) is 9.05 Å². The molecule has 8 nitrogen and oxygen atoms in total. The quantitative estimate of drug-likeness (QED) is 0.0272. The van der Waals surface area contributed by atoms with E-state index in [2.05, 4.69) is 79.9 Å². The minimum atomic E-state index is -4.62. The molecule has 0 heterocycles. The monoisotopic (exact) mass is 1030 g/mol. The Hall–Kier alpha value is -2.06. The lowest BCUT2D eigenvalue weighted by molar-refractivity contribution is -0.870. The molecule has 0 aliphatic rings. The molecule has 0 aliphatic heterocycles. The first kappa shape index (κ1) is 69.9. The standard InChI is InChI=1S/C63H117N2O6P/c1-6-8-10-12-14-16-18-20-22-24-26-28-29-30-31-32-33-34-35-37-38-40-42-44-46-48-50-52-54-56-62(66)61(60-71-72(68,69)70-59-58-65(3,4)5)64-63(67)57-55-53-51-49-47-45-43-41-39-36-27-25-23-21-19-17-15-13-11-9-7-2/h19,21,25,27,38-41,46,48,54,56,61-62,66H,6-18,20,22-24,26,28-37,42-45,47,49-53,55,57-60H2,1-5H3,(H-,64,67,68,69)/b21-19-,27-25-,40-38+,41-39-,48-46+,56-54+. The van der Waals surface area contributed by atoms with Crippen LogP contribution in [-0.2, 0) is 18.4 Å². The summed E-state index contributed by atoms with van der Waals surface area (Å²) in [6.07, 6.45) is 74.2. The molecule has 0 bridgehead atoms. The number of nitrogens with one attached hydrogen (secondary N) is 1. The summed E-state index contributed by atoms with van der Waals surface area (Å²) in [5, 5.41) is 13.9. The van der Waals surface area contributed by atoms with Crippen molar-refractivity contribution in [3.05, 3.63) is 72.9 Å². The third-order valence-corrected chi connectivity index (χ3v) is 14.3. The number of aliphatic hydroxyl groups is 1. The second-order valence-corrected chi connectivity index (χ2v) is 23.1. The zero-order valence-electron chi connectivity index (χ0n) is 47.9. The van der Waals surface area contributed by atoms with Gasteiger partial charge in [0.2, 0.25) is 5.91 Å². The Morgan fingerprint density at radius 3 is 1.22 bits per heavy atom. The Bertz CT molecular complexity index is 1400. The highest BCUT2D eigenvalue weighted by molar-refractivity contribution is 7.45. The van der Waals surface area contributed by atoms with Crippen LogP contribution in [0.1, 0.15) is 271 Å². The van der Waals surface area contributed by atoms with Crippen LogP contribution in [0.4, 0.5) is 0 Å². The van der Waals surface area contributed by atoms with Crippen molar-refractivity contribution in [1.82, 2.24) is 5.32 Å². The molecule has 420 valence electrons. The maximum atomic E-state index is 13.0. The molecular weight excluding hydrogens is 912 g/mol. The number of phosphoric acid groups is 1. The van der Waals surface area contributed by atoms with Crippen molar-refractivity contribution < 1.29 is 32.9 Å². The molecule has 3 unspecified atom stereocenters. The number of phosphoric ester groups is 1. The molecule has 0 aliphatic carbocycles. The zero-order valence-corrected chi connectivity index (χ0v) is 48.8. The number of quaternary nitrogens is 1. The number of amides is 1. The topological polar surface area (TPSA) is 108 Å². The van der Waals surface area contributed by atoms with E-state index in [9.17, 15) is 19.4 Å². The van der Waals surface area contributed by atoms with Crippen molar-refractivity contribution in [2.24, 2.45) is 0 Å². The van der Waals surface area contributed by atoms with Crippen LogP contribution in [-0.4, -0.2) is 68.5 Å². The normalized spacial score (nSPS) is 14.4. The Labute approximate surface area is 446 Å². The third kappa shape index (κ3) is 55.7. The summed E-state index contributed by atoms with van der Waals surface area (Å²) in [6.45, 7) is 4.62. The van der Waals surface area contributed by atoms with Gasteiger partial charge in [0.15, 0.2) is 0 Å². The molecule has 0 aromatic heterocycles. The molecule has 0 aromatic carbocycles. The van der Waals surface area contributed by atoms with Crippen LogP contribution in [0.25, 0.3) is 0 Å². The number of allylic oxidation sites excluding steroid dienone is 11. The van der Waals surface area contributed by atoms with E-state index >= 15 is 0 Å². The van der Waals surface area contributed by atoms with Gasteiger partial charge in [0.1, 0.15) is 13.2 Å². The lowest BCUT2D eigenvalue weighted by Crippen LogP contribution is -2.45. The molecule has 72 heavy (non-hydrogen) atoms. The Kier molecular flexibility index (Phi) is 52.2. The number of likely N-dealkylation sites (N-methyl/N-ethyl adjacent to an activating group) is 1. The van der Waals surface area contributed by atoms with Crippen molar-refractivity contribution >= 4 is 13.7 Å². The van der Waals surface area contributed by atoms with E-state index in [1.54, 1.807) is 6.08 Å². The van der Waals surface area contributed by atoms with E-state index < -0.39 is 26.6 Å². The second-order valence-electron chi connectivity index (χ2n) is 21.7. The van der Waals surface area contributed by atoms with Gasteiger partial charge in [0.25, 0.3) is 7.82 Å². The number of unbranched alkanes of at least 4 members (excludes halogenated alkanes) is 32. The van der Waals surface area contributed by atoms with Crippen molar-refractivity contribution in [3.8, 4) is 0 Å². The van der Waals surface area contributed by atoms with Gasteiger partial charge in [-0.25, -0.2) is 0 Å². The summed E-state index contributed by atoms with van der Waals surface area (Å²) in [5.74, 6) is -0.224. The summed E-state index contributed by atoms with van der Waals surface area (Å²) < 4.78 is 23.3. The van der Waals surface area contributed by atoms with Gasteiger partial charge in [0, 0.05) is 6.42 Å². The fourth-order valence-corrected chi connectivity index (χ4v) is 9.33. The van der Waals surface area contributed by atoms with Gasteiger partial charge in [-0.3, -0.25) is 9.36 Å². The molecule has 0 saturated heterocycles. The number of nitrogens with zero attached hydrogens (tertiary/aromatic N) is 1. The van der Waals surface area contributed by atoms with Gasteiger partial charge in [-0.05, 0) is 83.5 Å². The average molecular weight is 1030 g/mol. The first-order valence-electron chi connectivity index (χ1n) is 30.3. The van der Waals surface area contributed by atoms with Crippen molar-refractivity contribution in [3.63, 3.8) is 0 Å². The first-order valence-corrected chi connectivity index (χ1v) is 31.8. The molecule has 0 rings (SSSR count). The molecular formula is C63H117N2O6P. The highest BCUT2D eigenvalue weighted by Crippen LogP contribution is 2.38. The molecule has 9 heteroatoms. The summed E-state index contributed by atoms with van der Waals surface area (Å²) in [5.41, 5.74) is 0. The molecule has 0 aromatic rings. The molecule has 0 radical (unpaired) electrons. The minimum Gasteiger partial charge on any atom is -0.756 e. The minimum absolute atomic E-state index is 0.0147. The predicted molar refractivity (Wildman–Crippen MR) is 311 cm³/mol. The average Bonchev–Trinajstić information content (AvgIpc) is 3.34. The van der Waals surface area contributed by atoms with E-state index in [1.165, 1.54) is 180 Å². The first-order chi connectivity index (χ1) is 35.0. The fourth-order valence-electron chi connectivity index (χ4n) is 8.60. The van der Waals surface area contributed by atoms with Gasteiger partial charge in [-0.2, -0.15) is 0 Å². The number of aliphatic hydroxyl groups excluding tert-OH is 1. The summed E-state index contributed by atoms with van der Waals surface area (Å²) in [6, 6.07) is -0.922. The van der Waals surface area contributed by atoms with Crippen molar-refractivity contribution in [2.45, 2.75) is 283 Å². The number of hydrogen-bond acceptors (Lipinski definition) is 6. The Morgan fingerprint density at radius 2 is 0.819 bits per heavy atom. The highest BCUT2D eigenvalue weighted by Gasteiger charge is 2.23. The van der Waals surface area contributed by atoms with Crippen LogP contribution < -0.4 is 10.2 Å². The SMILES string of the molecule is CCCCCCC/C=C\C/C=C\C/C=C\CCCCCCCCC(=O)NC(COP(=O)([O-])OCC[N+](C)(C)C)C(O)/C=C/CC/C=C/CC/C=C/CCCCCCCCCCCCCCCCCCCCC. The molecule has 0 fully saturated rings. The lowest BCUT2D eigenvalue weighted by Gasteiger charge is -2.29. The smallest absolute Gasteiger partial charge is 0.268 e. The highest BCUT2D eigenvalue weighted by atomic mass is 31.2. The van der Waals surface area contributed by atoms with Crippen LogP contribution in [0.15, 0.2) is 72.9 Å². The van der Waals surface area contributed by atoms with E-state index in [0.717, 1.165) is 70.6 Å². The number of rotatable bonds is 55. The molecule has 0 saturated carbocycles. The van der Waals surface area contributed by atoms with Crippen LogP contribution in [0.5, 0.6) is 0 Å². The fraction of sp³-hybridized carbons (Fsp3) is 0.794. The molecule has 1 amide bonds. The van der Waals surface area contributed by atoms with Crippen LogP contribution >= 0.6 is 7.82 Å². The van der Waals surface area contributed by atoms with Gasteiger partial charge >= 0.3 is 0 Å². The Morgan fingerprint density at radius 1 is 0.486 bits per heavy atom. The van der Waals surface area contributed by atoms with Crippen LogP contribution in [0.3, 0.4) is 0 Å². The van der Waals surface area contributed by atoms with Crippen molar-refractivity contribution in [1.29, 1.82) is 0 Å². The van der Waals surface area contributed by atoms with Gasteiger partial charge in [-0.15, -0.1) is 0 Å². The second kappa shape index (κ2) is 53.8. The maximum absolute atomic E-state index is 13.0. The summed E-state index contributed by atoms with van der Waals surface area (Å²) in [7, 11) is 1.22. The number of carbonyl (C=O) groups is 1. The van der Waals surface area contributed by atoms with Gasteiger partial charge < -0.3 is 28.8 Å². The zero-order chi connectivity index (χ0) is 52.7. The van der Waals surface area contributed by atoms with Crippen LogP contribution in [0.2, 0.25) is 0 Å². The van der Waals surface area contributed by atoms with Gasteiger partial charge in [0.05, 0.1) is 39.9 Å². The van der Waals surface area contributed by atoms with Crippen molar-refractivity contribution in [2.75, 3.05) is 40.9 Å². The van der Waals surface area contributed by atoms with E-state index in [0.29, 0.717) is 17.4 Å². The number of hydrogen-bond donors (Lipinski definition) is 2. The summed E-state index contributed by atoms with van der Waals surface area (Å²) >= 11 is 0. The predicted octanol–water partition coefficient (Wildman–Crippen LogP) is 18.0. The molecule has 2 N–H and O–H groups in total. The Balaban J connectivity index is 4.28. The molecule has 0 spiro atoms. The molecule has 3 atom stereocenters. The maximum Gasteiger partial charge on any atom is 0.268 e. The largest absolute Gasteiger partial charge is 0.756 e. The van der Waals surface area contributed by atoms with E-state index in [-0.39, 0.29) is 12.5 Å². The van der Waals surface area contributed by atoms with Crippen LogP contribution in [0, 0.1) is 0 Å². The van der Waals surface area contributed by atoms with E-state index in [1.807, 2.05) is 27.2 Å². The lowest BCUT2D eigenvalue weighted by atomic mass is 10.0. The third-order valence-electron chi connectivity index (χ3n) is 13.4. The summed E-state index contributed by atoms with van der Waals surface area (Å²) in [4.78, 5) is 25.5. The number of carbonyl (C=O) groups excluding carboxylic acids is 1.